The summed E-state index contributed by atoms with van der Waals surface area (Å²) in [6.07, 6.45) is 2.77. The lowest BCUT2D eigenvalue weighted by Crippen LogP contribution is -2.24. The summed E-state index contributed by atoms with van der Waals surface area (Å²) < 4.78 is 13.7. The lowest BCUT2D eigenvalue weighted by Gasteiger charge is -2.27. The van der Waals surface area contributed by atoms with E-state index in [1.54, 1.807) is 6.07 Å². The van der Waals surface area contributed by atoms with Crippen LogP contribution in [0.1, 0.15) is 32.3 Å². The number of halogens is 2. The van der Waals surface area contributed by atoms with Gasteiger partial charge in [-0.2, -0.15) is 0 Å². The summed E-state index contributed by atoms with van der Waals surface area (Å²) in [6, 6.07) is 4.71. The first-order chi connectivity index (χ1) is 7.50. The van der Waals surface area contributed by atoms with Crippen LogP contribution in [0.2, 0.25) is 0 Å². The first-order valence-corrected chi connectivity index (χ1v) is 6.35. The predicted molar refractivity (Wildman–Crippen MR) is 67.9 cm³/mol. The van der Waals surface area contributed by atoms with Crippen molar-refractivity contribution in [2.75, 3.05) is 6.61 Å². The molecule has 0 bridgehead atoms. The van der Waals surface area contributed by atoms with Crippen molar-refractivity contribution < 1.29 is 9.50 Å². The molecule has 0 saturated carbocycles. The molecular weight excluding hydrogens is 271 g/mol. The molecule has 3 heteroatoms. The van der Waals surface area contributed by atoms with Gasteiger partial charge in [-0.25, -0.2) is 4.39 Å². The number of rotatable bonds is 5. The van der Waals surface area contributed by atoms with Crippen LogP contribution in [-0.4, -0.2) is 11.7 Å². The minimum atomic E-state index is -0.239. The molecule has 1 aromatic carbocycles. The van der Waals surface area contributed by atoms with Crippen molar-refractivity contribution in [1.82, 2.24) is 0 Å². The summed E-state index contributed by atoms with van der Waals surface area (Å²) >= 11 is 3.36. The maximum Gasteiger partial charge on any atom is 0.124 e. The smallest absolute Gasteiger partial charge is 0.124 e. The van der Waals surface area contributed by atoms with Gasteiger partial charge in [-0.05, 0) is 36.0 Å². The second-order valence-corrected chi connectivity index (χ2v) is 5.49. The van der Waals surface area contributed by atoms with Crippen molar-refractivity contribution in [3.8, 4) is 0 Å². The zero-order chi connectivity index (χ0) is 12.2. The quantitative estimate of drug-likeness (QED) is 0.870. The molecule has 0 heterocycles. The third-order valence-corrected chi connectivity index (χ3v) is 3.61. The van der Waals surface area contributed by atoms with Crippen LogP contribution in [0.3, 0.4) is 0 Å². The minimum absolute atomic E-state index is 0.116. The number of aliphatic hydroxyl groups is 1. The van der Waals surface area contributed by atoms with Crippen LogP contribution >= 0.6 is 15.9 Å². The minimum Gasteiger partial charge on any atom is -0.396 e. The van der Waals surface area contributed by atoms with Gasteiger partial charge in [0.2, 0.25) is 0 Å². The average Bonchev–Trinajstić information content (AvgIpc) is 2.23. The van der Waals surface area contributed by atoms with Gasteiger partial charge in [0.25, 0.3) is 0 Å². The van der Waals surface area contributed by atoms with E-state index in [1.165, 1.54) is 12.1 Å². The maximum atomic E-state index is 12.9. The van der Waals surface area contributed by atoms with Gasteiger partial charge in [-0.3, -0.25) is 0 Å². The van der Waals surface area contributed by atoms with E-state index in [0.29, 0.717) is 0 Å². The number of hydrogen-bond acceptors (Lipinski definition) is 1. The fraction of sp³-hybridized carbons (Fsp3) is 0.538. The highest BCUT2D eigenvalue weighted by atomic mass is 79.9. The zero-order valence-electron chi connectivity index (χ0n) is 9.76. The van der Waals surface area contributed by atoms with Gasteiger partial charge in [0, 0.05) is 11.1 Å². The van der Waals surface area contributed by atoms with Crippen LogP contribution in [0, 0.1) is 11.2 Å². The van der Waals surface area contributed by atoms with Gasteiger partial charge in [-0.1, -0.05) is 42.3 Å². The van der Waals surface area contributed by atoms with Crippen LogP contribution in [0.25, 0.3) is 0 Å². The van der Waals surface area contributed by atoms with Crippen molar-refractivity contribution in [3.05, 3.63) is 34.1 Å². The van der Waals surface area contributed by atoms with E-state index in [1.807, 2.05) is 0 Å². The second-order valence-electron chi connectivity index (χ2n) is 4.63. The van der Waals surface area contributed by atoms with E-state index >= 15 is 0 Å². The van der Waals surface area contributed by atoms with Crippen LogP contribution in [0.15, 0.2) is 22.7 Å². The normalized spacial score (nSPS) is 14.8. The van der Waals surface area contributed by atoms with Gasteiger partial charge in [-0.15, -0.1) is 0 Å². The lowest BCUT2D eigenvalue weighted by molar-refractivity contribution is 0.131. The Bertz CT molecular complexity index is 354. The standard InChI is InChI=1S/C13H18BrFO/c1-3-6-13(2,9-16)8-10-4-5-11(15)7-12(10)14/h4-5,7,16H,3,6,8-9H2,1-2H3. The highest BCUT2D eigenvalue weighted by molar-refractivity contribution is 9.10. The molecular formula is C13H18BrFO. The summed E-state index contributed by atoms with van der Waals surface area (Å²) in [6.45, 7) is 4.32. The molecule has 0 saturated heterocycles. The lowest BCUT2D eigenvalue weighted by atomic mass is 9.80. The molecule has 1 aromatic rings. The second kappa shape index (κ2) is 5.78. The van der Waals surface area contributed by atoms with E-state index in [4.69, 9.17) is 0 Å². The average molecular weight is 289 g/mol. The molecule has 0 aliphatic carbocycles. The third kappa shape index (κ3) is 3.56. The van der Waals surface area contributed by atoms with Crippen molar-refractivity contribution >= 4 is 15.9 Å². The molecule has 0 amide bonds. The van der Waals surface area contributed by atoms with Gasteiger partial charge in [0.15, 0.2) is 0 Å². The van der Waals surface area contributed by atoms with Gasteiger partial charge < -0.3 is 5.11 Å². The Morgan fingerprint density at radius 2 is 2.12 bits per heavy atom. The van der Waals surface area contributed by atoms with Crippen molar-refractivity contribution in [2.24, 2.45) is 5.41 Å². The van der Waals surface area contributed by atoms with Crippen LogP contribution < -0.4 is 0 Å². The molecule has 1 atom stereocenters. The van der Waals surface area contributed by atoms with E-state index in [0.717, 1.165) is 29.3 Å². The monoisotopic (exact) mass is 288 g/mol. The Kier molecular flexibility index (Phi) is 4.93. The number of hydrogen-bond donors (Lipinski definition) is 1. The predicted octanol–water partition coefficient (Wildman–Crippen LogP) is 3.93. The molecule has 16 heavy (non-hydrogen) atoms. The Morgan fingerprint density at radius 3 is 2.62 bits per heavy atom. The van der Waals surface area contributed by atoms with Gasteiger partial charge in [0.1, 0.15) is 5.82 Å². The molecule has 1 unspecified atom stereocenters. The number of aliphatic hydroxyl groups excluding tert-OH is 1. The Hall–Kier alpha value is -0.410. The van der Waals surface area contributed by atoms with Crippen LogP contribution in [0.4, 0.5) is 4.39 Å². The molecule has 1 nitrogen and oxygen atoms in total. The number of benzene rings is 1. The van der Waals surface area contributed by atoms with Crippen LogP contribution in [0.5, 0.6) is 0 Å². The summed E-state index contributed by atoms with van der Waals surface area (Å²) in [4.78, 5) is 0. The van der Waals surface area contributed by atoms with E-state index in [-0.39, 0.29) is 17.8 Å². The Labute approximate surface area is 105 Å². The van der Waals surface area contributed by atoms with E-state index in [2.05, 4.69) is 29.8 Å². The van der Waals surface area contributed by atoms with Crippen molar-refractivity contribution in [3.63, 3.8) is 0 Å². The summed E-state index contributed by atoms with van der Waals surface area (Å²) in [5.74, 6) is -0.239. The summed E-state index contributed by atoms with van der Waals surface area (Å²) in [5.41, 5.74) is 0.932. The maximum absolute atomic E-state index is 12.9. The molecule has 0 aliphatic heterocycles. The molecule has 0 spiro atoms. The molecule has 0 aromatic heterocycles. The largest absolute Gasteiger partial charge is 0.396 e. The van der Waals surface area contributed by atoms with Gasteiger partial charge >= 0.3 is 0 Å². The van der Waals surface area contributed by atoms with Crippen molar-refractivity contribution in [1.29, 1.82) is 0 Å². The summed E-state index contributed by atoms with van der Waals surface area (Å²) in [7, 11) is 0. The molecule has 1 N–H and O–H groups in total. The topological polar surface area (TPSA) is 20.2 Å². The molecule has 0 aliphatic rings. The first-order valence-electron chi connectivity index (χ1n) is 5.55. The fourth-order valence-electron chi connectivity index (χ4n) is 1.95. The molecule has 90 valence electrons. The van der Waals surface area contributed by atoms with E-state index < -0.39 is 0 Å². The SMILES string of the molecule is CCCC(C)(CO)Cc1ccc(F)cc1Br. The highest BCUT2D eigenvalue weighted by Gasteiger charge is 2.23. The van der Waals surface area contributed by atoms with E-state index in [9.17, 15) is 9.50 Å². The molecule has 1 rings (SSSR count). The van der Waals surface area contributed by atoms with Crippen LogP contribution in [-0.2, 0) is 6.42 Å². The zero-order valence-corrected chi connectivity index (χ0v) is 11.3. The summed E-state index contributed by atoms with van der Waals surface area (Å²) in [5, 5.41) is 9.43. The fourth-order valence-corrected chi connectivity index (χ4v) is 2.44. The Balaban J connectivity index is 2.85. The first kappa shape index (κ1) is 13.7. The van der Waals surface area contributed by atoms with Gasteiger partial charge in [0.05, 0.1) is 0 Å². The third-order valence-electron chi connectivity index (χ3n) is 2.87. The Morgan fingerprint density at radius 1 is 1.44 bits per heavy atom. The highest BCUT2D eigenvalue weighted by Crippen LogP contribution is 2.31. The molecule has 0 fully saturated rings. The van der Waals surface area contributed by atoms with Crippen molar-refractivity contribution in [2.45, 2.75) is 33.1 Å². The molecule has 0 radical (unpaired) electrons.